The van der Waals surface area contributed by atoms with Crippen molar-refractivity contribution >= 4 is 33.8 Å². The van der Waals surface area contributed by atoms with Crippen molar-refractivity contribution in [3.8, 4) is 11.3 Å². The Bertz CT molecular complexity index is 951. The number of nitrogens with one attached hydrogen (secondary N) is 1. The summed E-state index contributed by atoms with van der Waals surface area (Å²) >= 11 is 1.28. The van der Waals surface area contributed by atoms with E-state index in [1.165, 1.54) is 23.5 Å². The van der Waals surface area contributed by atoms with Crippen LogP contribution >= 0.6 is 11.3 Å². The summed E-state index contributed by atoms with van der Waals surface area (Å²) in [7, 11) is 0. The van der Waals surface area contributed by atoms with Crippen molar-refractivity contribution in [2.75, 3.05) is 11.1 Å². The zero-order valence-corrected chi connectivity index (χ0v) is 14.0. The molecule has 0 spiro atoms. The Labute approximate surface area is 147 Å². The van der Waals surface area contributed by atoms with Crippen molar-refractivity contribution in [3.05, 3.63) is 69.1 Å². The zero-order valence-electron chi connectivity index (χ0n) is 13.2. The van der Waals surface area contributed by atoms with E-state index in [1.54, 1.807) is 0 Å². The van der Waals surface area contributed by atoms with Crippen LogP contribution in [0.3, 0.4) is 0 Å². The lowest BCUT2D eigenvalue weighted by Gasteiger charge is -2.03. The van der Waals surface area contributed by atoms with Gasteiger partial charge in [-0.05, 0) is 19.1 Å². The van der Waals surface area contributed by atoms with E-state index in [0.717, 1.165) is 22.9 Å². The molecule has 3 aromatic rings. The first-order chi connectivity index (χ1) is 11.9. The molecule has 7 nitrogen and oxygen atoms in total. The van der Waals surface area contributed by atoms with Gasteiger partial charge >= 0.3 is 0 Å². The predicted molar refractivity (Wildman–Crippen MR) is 97.7 cm³/mol. The van der Waals surface area contributed by atoms with Crippen LogP contribution in [0, 0.1) is 17.0 Å². The number of anilines is 2. The lowest BCUT2D eigenvalue weighted by molar-refractivity contribution is -0.383. The van der Waals surface area contributed by atoms with Gasteiger partial charge in [-0.25, -0.2) is 4.98 Å². The fraction of sp³-hybridized carbons (Fsp3) is 0.0588. The highest BCUT2D eigenvalue weighted by molar-refractivity contribution is 7.14. The Balaban J connectivity index is 1.79. The minimum Gasteiger partial charge on any atom is -0.393 e. The van der Waals surface area contributed by atoms with Gasteiger partial charge in [0, 0.05) is 22.6 Å². The first-order valence-corrected chi connectivity index (χ1v) is 8.20. The molecule has 25 heavy (non-hydrogen) atoms. The number of thiazole rings is 1. The van der Waals surface area contributed by atoms with Crippen LogP contribution in [0.25, 0.3) is 11.3 Å². The van der Waals surface area contributed by atoms with Gasteiger partial charge in [0.2, 0.25) is 0 Å². The van der Waals surface area contributed by atoms with E-state index < -0.39 is 10.8 Å². The molecule has 1 amide bonds. The molecular weight excluding hydrogens is 340 g/mol. The van der Waals surface area contributed by atoms with E-state index in [9.17, 15) is 14.9 Å². The number of carbonyl (C=O) groups excluding carboxylic acids is 1. The molecule has 0 bridgehead atoms. The summed E-state index contributed by atoms with van der Waals surface area (Å²) in [5, 5.41) is 15.8. The minimum absolute atomic E-state index is 0.0115. The average Bonchev–Trinajstić information content (AvgIpc) is 3.04. The number of aryl methyl sites for hydroxylation is 1. The SMILES string of the molecule is Cc1ccc(-c2csc(NC(=O)c3ccc(N)c([N+](=O)[O-])c3)n2)cc1. The van der Waals surface area contributed by atoms with Crippen molar-refractivity contribution in [3.63, 3.8) is 0 Å². The minimum atomic E-state index is -0.620. The van der Waals surface area contributed by atoms with Crippen LogP contribution in [0.1, 0.15) is 15.9 Å². The van der Waals surface area contributed by atoms with Crippen molar-refractivity contribution in [2.24, 2.45) is 0 Å². The third kappa shape index (κ3) is 3.64. The van der Waals surface area contributed by atoms with E-state index in [0.29, 0.717) is 5.13 Å². The highest BCUT2D eigenvalue weighted by Gasteiger charge is 2.16. The number of rotatable bonds is 4. The Morgan fingerprint density at radius 3 is 2.64 bits per heavy atom. The van der Waals surface area contributed by atoms with Gasteiger partial charge in [-0.3, -0.25) is 20.2 Å². The predicted octanol–water partition coefficient (Wildman–Crippen LogP) is 3.86. The molecule has 0 aliphatic rings. The number of hydrogen-bond acceptors (Lipinski definition) is 6. The summed E-state index contributed by atoms with van der Waals surface area (Å²) in [6.45, 7) is 2.00. The molecule has 2 aromatic carbocycles. The Morgan fingerprint density at radius 2 is 1.96 bits per heavy atom. The second-order valence-corrected chi connectivity index (χ2v) is 6.25. The summed E-state index contributed by atoms with van der Waals surface area (Å²) in [6, 6.07) is 11.8. The highest BCUT2D eigenvalue weighted by atomic mass is 32.1. The van der Waals surface area contributed by atoms with Crippen molar-refractivity contribution < 1.29 is 9.72 Å². The Kier molecular flexibility index (Phi) is 4.44. The topological polar surface area (TPSA) is 111 Å². The molecule has 0 unspecified atom stereocenters. The number of amides is 1. The van der Waals surface area contributed by atoms with Crippen LogP contribution in [0.2, 0.25) is 0 Å². The second kappa shape index (κ2) is 6.70. The molecule has 0 radical (unpaired) electrons. The molecule has 1 heterocycles. The van der Waals surface area contributed by atoms with Gasteiger partial charge in [-0.15, -0.1) is 11.3 Å². The largest absolute Gasteiger partial charge is 0.393 e. The first kappa shape index (κ1) is 16.6. The number of nitrogen functional groups attached to an aromatic ring is 1. The molecule has 3 rings (SSSR count). The summed E-state index contributed by atoms with van der Waals surface area (Å²) in [6.07, 6.45) is 0. The summed E-state index contributed by atoms with van der Waals surface area (Å²) in [5.41, 5.74) is 8.25. The maximum absolute atomic E-state index is 12.3. The molecule has 0 atom stereocenters. The maximum Gasteiger partial charge on any atom is 0.292 e. The molecule has 0 saturated heterocycles. The van der Waals surface area contributed by atoms with Crippen LogP contribution < -0.4 is 11.1 Å². The van der Waals surface area contributed by atoms with Gasteiger partial charge in [0.1, 0.15) is 5.69 Å². The lowest BCUT2D eigenvalue weighted by atomic mass is 10.1. The molecule has 0 saturated carbocycles. The molecule has 0 aliphatic carbocycles. The van der Waals surface area contributed by atoms with Crippen LogP contribution in [-0.2, 0) is 0 Å². The van der Waals surface area contributed by atoms with Gasteiger partial charge in [-0.2, -0.15) is 0 Å². The van der Waals surface area contributed by atoms with Crippen molar-refractivity contribution in [1.82, 2.24) is 4.98 Å². The van der Waals surface area contributed by atoms with Crippen molar-refractivity contribution in [2.45, 2.75) is 6.92 Å². The smallest absolute Gasteiger partial charge is 0.292 e. The number of nitrogens with zero attached hydrogens (tertiary/aromatic N) is 2. The van der Waals surface area contributed by atoms with Gasteiger partial charge in [0.25, 0.3) is 11.6 Å². The fourth-order valence-corrected chi connectivity index (χ4v) is 2.92. The summed E-state index contributed by atoms with van der Waals surface area (Å²) in [4.78, 5) is 27.0. The quantitative estimate of drug-likeness (QED) is 0.420. The first-order valence-electron chi connectivity index (χ1n) is 7.32. The lowest BCUT2D eigenvalue weighted by Crippen LogP contribution is -2.12. The Hall–Kier alpha value is -3.26. The third-order valence-electron chi connectivity index (χ3n) is 3.56. The molecule has 0 aliphatic heterocycles. The van der Waals surface area contributed by atoms with Gasteiger partial charge in [0.15, 0.2) is 5.13 Å². The number of hydrogen-bond donors (Lipinski definition) is 2. The van der Waals surface area contributed by atoms with E-state index >= 15 is 0 Å². The molecule has 126 valence electrons. The normalized spacial score (nSPS) is 10.4. The molecule has 3 N–H and O–H groups in total. The van der Waals surface area contributed by atoms with Gasteiger partial charge in [0.05, 0.1) is 10.6 Å². The van der Waals surface area contributed by atoms with E-state index in [-0.39, 0.29) is 16.9 Å². The van der Waals surface area contributed by atoms with Crippen molar-refractivity contribution in [1.29, 1.82) is 0 Å². The van der Waals surface area contributed by atoms with Crippen LogP contribution in [0.5, 0.6) is 0 Å². The summed E-state index contributed by atoms with van der Waals surface area (Å²) in [5.74, 6) is -0.479. The van der Waals surface area contributed by atoms with E-state index in [2.05, 4.69) is 10.3 Å². The molecular formula is C17H14N4O3S. The number of aromatic nitrogens is 1. The van der Waals surface area contributed by atoms with Gasteiger partial charge in [-0.1, -0.05) is 29.8 Å². The zero-order chi connectivity index (χ0) is 18.0. The highest BCUT2D eigenvalue weighted by Crippen LogP contribution is 2.26. The fourth-order valence-electron chi connectivity index (χ4n) is 2.20. The number of benzene rings is 2. The molecule has 1 aromatic heterocycles. The van der Waals surface area contributed by atoms with Crippen LogP contribution in [-0.4, -0.2) is 15.8 Å². The van der Waals surface area contributed by atoms with Gasteiger partial charge < -0.3 is 5.73 Å². The monoisotopic (exact) mass is 354 g/mol. The molecule has 0 fully saturated rings. The third-order valence-corrected chi connectivity index (χ3v) is 4.32. The maximum atomic E-state index is 12.3. The van der Waals surface area contributed by atoms with E-state index in [4.69, 9.17) is 5.73 Å². The summed E-state index contributed by atoms with van der Waals surface area (Å²) < 4.78 is 0. The van der Waals surface area contributed by atoms with Crippen LogP contribution in [0.15, 0.2) is 47.8 Å². The van der Waals surface area contributed by atoms with Crippen LogP contribution in [0.4, 0.5) is 16.5 Å². The standard InChI is InChI=1S/C17H14N4O3S/c1-10-2-4-11(5-3-10)14-9-25-17(19-14)20-16(22)12-6-7-13(18)15(8-12)21(23)24/h2-9H,18H2,1H3,(H,19,20,22). The number of nitro groups is 1. The second-order valence-electron chi connectivity index (χ2n) is 5.39. The Morgan fingerprint density at radius 1 is 1.24 bits per heavy atom. The molecule has 8 heteroatoms. The van der Waals surface area contributed by atoms with E-state index in [1.807, 2.05) is 36.6 Å². The number of nitro benzene ring substituents is 1. The average molecular weight is 354 g/mol. The number of carbonyl (C=O) groups is 1. The number of nitrogens with two attached hydrogens (primary N) is 1.